The lowest BCUT2D eigenvalue weighted by atomic mass is 9.97. The van der Waals surface area contributed by atoms with Crippen molar-refractivity contribution in [1.29, 1.82) is 0 Å². The molecular formula is C25H32N2O4S. The van der Waals surface area contributed by atoms with Gasteiger partial charge >= 0.3 is 0 Å². The summed E-state index contributed by atoms with van der Waals surface area (Å²) in [6.07, 6.45) is 4.18. The molecule has 32 heavy (non-hydrogen) atoms. The summed E-state index contributed by atoms with van der Waals surface area (Å²) >= 11 is 0. The molecule has 2 aromatic rings. The fourth-order valence-electron chi connectivity index (χ4n) is 4.63. The van der Waals surface area contributed by atoms with Crippen molar-refractivity contribution in [3.8, 4) is 5.75 Å². The van der Waals surface area contributed by atoms with Gasteiger partial charge in [-0.25, -0.2) is 8.42 Å². The molecule has 0 saturated carbocycles. The summed E-state index contributed by atoms with van der Waals surface area (Å²) in [6.45, 7) is 3.70. The summed E-state index contributed by atoms with van der Waals surface area (Å²) in [5, 5.41) is 0. The molecule has 1 fully saturated rings. The summed E-state index contributed by atoms with van der Waals surface area (Å²) in [5.41, 5.74) is 3.56. The molecule has 0 bridgehead atoms. The molecule has 7 heteroatoms. The van der Waals surface area contributed by atoms with Crippen LogP contribution in [0.3, 0.4) is 0 Å². The van der Waals surface area contributed by atoms with E-state index in [1.54, 1.807) is 18.0 Å². The number of nitrogens with zero attached hydrogens (tertiary/aromatic N) is 2. The van der Waals surface area contributed by atoms with Crippen LogP contribution in [-0.2, 0) is 27.7 Å². The van der Waals surface area contributed by atoms with Crippen LogP contribution in [0.2, 0.25) is 0 Å². The molecular weight excluding hydrogens is 424 g/mol. The molecule has 2 aliphatic rings. The van der Waals surface area contributed by atoms with Crippen LogP contribution in [0.15, 0.2) is 47.4 Å². The molecule has 1 aliphatic heterocycles. The average molecular weight is 457 g/mol. The van der Waals surface area contributed by atoms with Crippen LogP contribution in [0.25, 0.3) is 0 Å². The van der Waals surface area contributed by atoms with E-state index in [9.17, 15) is 13.2 Å². The highest BCUT2D eigenvalue weighted by atomic mass is 32.2. The van der Waals surface area contributed by atoms with Gasteiger partial charge in [-0.3, -0.25) is 4.79 Å². The van der Waals surface area contributed by atoms with Gasteiger partial charge in [0.15, 0.2) is 0 Å². The van der Waals surface area contributed by atoms with Crippen LogP contribution in [0.1, 0.15) is 36.0 Å². The third-order valence-corrected chi connectivity index (χ3v) is 8.47. The molecule has 1 saturated heterocycles. The average Bonchev–Trinajstić information content (AvgIpc) is 3.27. The Labute approximate surface area is 191 Å². The molecule has 6 nitrogen and oxygen atoms in total. The van der Waals surface area contributed by atoms with Crippen molar-refractivity contribution in [3.63, 3.8) is 0 Å². The van der Waals surface area contributed by atoms with Gasteiger partial charge < -0.3 is 9.64 Å². The monoisotopic (exact) mass is 456 g/mol. The maximum absolute atomic E-state index is 13.1. The maximum atomic E-state index is 13.1. The Balaban J connectivity index is 1.28. The minimum atomic E-state index is -3.51. The minimum Gasteiger partial charge on any atom is -0.492 e. The number of carbonyl (C=O) groups is 1. The Morgan fingerprint density at radius 1 is 1.09 bits per heavy atom. The van der Waals surface area contributed by atoms with E-state index >= 15 is 0 Å². The Kier molecular flexibility index (Phi) is 6.86. The Bertz CT molecular complexity index is 1080. The second-order valence-corrected chi connectivity index (χ2v) is 10.8. The molecule has 1 amide bonds. The molecule has 2 aromatic carbocycles. The number of ether oxygens (including phenoxy) is 1. The third-order valence-electron chi connectivity index (χ3n) is 6.57. The molecule has 0 spiro atoms. The number of hydrogen-bond donors (Lipinski definition) is 0. The highest BCUT2D eigenvalue weighted by Gasteiger charge is 2.33. The lowest BCUT2D eigenvalue weighted by Gasteiger charge is -2.32. The molecule has 0 unspecified atom stereocenters. The van der Waals surface area contributed by atoms with Crippen LogP contribution in [-0.4, -0.2) is 56.8 Å². The lowest BCUT2D eigenvalue weighted by molar-refractivity contribution is -0.135. The van der Waals surface area contributed by atoms with Crippen molar-refractivity contribution in [2.24, 2.45) is 5.92 Å². The van der Waals surface area contributed by atoms with Crippen LogP contribution in [0.4, 0.5) is 0 Å². The standard InChI is InChI=1S/C25H32N2O4S/c1-19-5-3-8-23(17-19)31-16-15-26(2)25(28)21-11-13-27(14-12-21)32(29,30)24-10-9-20-6-4-7-22(20)18-24/h3,5,8-10,17-18,21H,4,6-7,11-16H2,1-2H3. The van der Waals surface area contributed by atoms with Gasteiger partial charge in [0, 0.05) is 26.1 Å². The van der Waals surface area contributed by atoms with Gasteiger partial charge in [0.1, 0.15) is 12.4 Å². The highest BCUT2D eigenvalue weighted by Crippen LogP contribution is 2.29. The van der Waals surface area contributed by atoms with Crippen molar-refractivity contribution < 1.29 is 17.9 Å². The zero-order chi connectivity index (χ0) is 22.7. The first-order valence-corrected chi connectivity index (χ1v) is 12.8. The van der Waals surface area contributed by atoms with Crippen molar-refractivity contribution in [2.45, 2.75) is 43.9 Å². The first-order valence-electron chi connectivity index (χ1n) is 11.4. The summed E-state index contributed by atoms with van der Waals surface area (Å²) in [7, 11) is -1.73. The lowest BCUT2D eigenvalue weighted by Crippen LogP contribution is -2.44. The van der Waals surface area contributed by atoms with Crippen LogP contribution in [0, 0.1) is 12.8 Å². The molecule has 1 heterocycles. The van der Waals surface area contributed by atoms with Crippen LogP contribution >= 0.6 is 0 Å². The first-order chi connectivity index (χ1) is 15.3. The summed E-state index contributed by atoms with van der Waals surface area (Å²) < 4.78 is 33.5. The molecule has 0 radical (unpaired) electrons. The number of rotatable bonds is 7. The molecule has 0 atom stereocenters. The van der Waals surface area contributed by atoms with Crippen molar-refractivity contribution in [1.82, 2.24) is 9.21 Å². The quantitative estimate of drug-likeness (QED) is 0.640. The number of carbonyl (C=O) groups excluding carboxylic acids is 1. The number of piperidine rings is 1. The van der Waals surface area contributed by atoms with Crippen LogP contribution in [0.5, 0.6) is 5.75 Å². The summed E-state index contributed by atoms with van der Waals surface area (Å²) in [5.74, 6) is 0.716. The number of hydrogen-bond acceptors (Lipinski definition) is 4. The van der Waals surface area contributed by atoms with Gasteiger partial charge in [-0.1, -0.05) is 18.2 Å². The van der Waals surface area contributed by atoms with Crippen molar-refractivity contribution in [3.05, 3.63) is 59.2 Å². The van der Waals surface area contributed by atoms with Gasteiger partial charge in [0.05, 0.1) is 11.4 Å². The molecule has 0 N–H and O–H groups in total. The predicted molar refractivity (Wildman–Crippen MR) is 124 cm³/mol. The largest absolute Gasteiger partial charge is 0.492 e. The minimum absolute atomic E-state index is 0.0624. The van der Waals surface area contributed by atoms with Gasteiger partial charge in [-0.05, 0) is 80.0 Å². The van der Waals surface area contributed by atoms with Crippen LogP contribution < -0.4 is 4.74 Å². The second-order valence-electron chi connectivity index (χ2n) is 8.89. The number of benzene rings is 2. The maximum Gasteiger partial charge on any atom is 0.243 e. The van der Waals surface area contributed by atoms with Gasteiger partial charge in [-0.15, -0.1) is 0 Å². The van der Waals surface area contributed by atoms with E-state index in [0.717, 1.165) is 36.1 Å². The summed E-state index contributed by atoms with van der Waals surface area (Å²) in [6, 6.07) is 13.4. The highest BCUT2D eigenvalue weighted by molar-refractivity contribution is 7.89. The fourth-order valence-corrected chi connectivity index (χ4v) is 6.15. The normalized spacial score (nSPS) is 17.2. The Morgan fingerprint density at radius 3 is 2.59 bits per heavy atom. The number of sulfonamides is 1. The first kappa shape index (κ1) is 22.8. The number of fused-ring (bicyclic) bond motifs is 1. The number of aryl methyl sites for hydroxylation is 3. The van der Waals surface area contributed by atoms with E-state index in [1.165, 1.54) is 9.87 Å². The topological polar surface area (TPSA) is 66.9 Å². The molecule has 1 aliphatic carbocycles. The second kappa shape index (κ2) is 9.63. The van der Waals surface area contributed by atoms with E-state index < -0.39 is 10.0 Å². The van der Waals surface area contributed by atoms with E-state index in [4.69, 9.17) is 4.74 Å². The Morgan fingerprint density at radius 2 is 1.84 bits per heavy atom. The zero-order valence-electron chi connectivity index (χ0n) is 18.9. The van der Waals surface area contributed by atoms with E-state index in [-0.39, 0.29) is 11.8 Å². The Hall–Kier alpha value is -2.38. The SMILES string of the molecule is Cc1cccc(OCCN(C)C(=O)C2CCN(S(=O)(=O)c3ccc4c(c3)CCC4)CC2)c1. The molecule has 4 rings (SSSR count). The van der Waals surface area contributed by atoms with E-state index in [0.29, 0.717) is 44.0 Å². The molecule has 172 valence electrons. The zero-order valence-corrected chi connectivity index (χ0v) is 19.7. The summed E-state index contributed by atoms with van der Waals surface area (Å²) in [4.78, 5) is 14.9. The molecule has 0 aromatic heterocycles. The fraction of sp³-hybridized carbons (Fsp3) is 0.480. The van der Waals surface area contributed by atoms with Gasteiger partial charge in [-0.2, -0.15) is 4.31 Å². The van der Waals surface area contributed by atoms with Gasteiger partial charge in [0.25, 0.3) is 0 Å². The number of amides is 1. The van der Waals surface area contributed by atoms with Crippen molar-refractivity contribution in [2.75, 3.05) is 33.3 Å². The van der Waals surface area contributed by atoms with Crippen molar-refractivity contribution >= 4 is 15.9 Å². The smallest absolute Gasteiger partial charge is 0.243 e. The van der Waals surface area contributed by atoms with E-state index in [2.05, 4.69) is 0 Å². The van der Waals surface area contributed by atoms with Gasteiger partial charge in [0.2, 0.25) is 15.9 Å². The van der Waals surface area contributed by atoms with E-state index in [1.807, 2.05) is 43.3 Å². The number of likely N-dealkylation sites (N-methyl/N-ethyl adjacent to an activating group) is 1. The predicted octanol–water partition coefficient (Wildman–Crippen LogP) is 3.42. The third kappa shape index (κ3) is 4.99.